The van der Waals surface area contributed by atoms with Gasteiger partial charge >= 0.3 is 0 Å². The first kappa shape index (κ1) is 12.2. The highest BCUT2D eigenvalue weighted by Crippen LogP contribution is 2.18. The number of nitrogens with zero attached hydrogens (tertiary/aromatic N) is 4. The van der Waals surface area contributed by atoms with Crippen LogP contribution in [0, 0.1) is 5.92 Å². The SMILES string of the molecule is CSCC(C)CNc1ncnc2c1cnn2C. The number of anilines is 1. The molecule has 17 heavy (non-hydrogen) atoms. The average molecular weight is 251 g/mol. The molecular weight excluding hydrogens is 234 g/mol. The van der Waals surface area contributed by atoms with E-state index in [0.717, 1.165) is 29.1 Å². The van der Waals surface area contributed by atoms with Crippen molar-refractivity contribution in [2.45, 2.75) is 6.92 Å². The summed E-state index contributed by atoms with van der Waals surface area (Å²) in [4.78, 5) is 8.48. The Labute approximate surface area is 105 Å². The number of nitrogens with one attached hydrogen (secondary N) is 1. The average Bonchev–Trinajstić information content (AvgIpc) is 2.70. The molecule has 2 aromatic heterocycles. The van der Waals surface area contributed by atoms with E-state index in [2.05, 4.69) is 33.6 Å². The molecule has 1 atom stereocenters. The summed E-state index contributed by atoms with van der Waals surface area (Å²) in [6.45, 7) is 3.15. The van der Waals surface area contributed by atoms with Gasteiger partial charge in [-0.1, -0.05) is 6.92 Å². The quantitative estimate of drug-likeness (QED) is 0.877. The molecule has 0 aliphatic carbocycles. The predicted octanol–water partition coefficient (Wildman–Crippen LogP) is 1.77. The number of aryl methyl sites for hydroxylation is 1. The molecule has 0 aromatic carbocycles. The van der Waals surface area contributed by atoms with Crippen molar-refractivity contribution in [2.75, 3.05) is 23.9 Å². The monoisotopic (exact) mass is 251 g/mol. The number of fused-ring (bicyclic) bond motifs is 1. The van der Waals surface area contributed by atoms with Crippen molar-refractivity contribution in [1.82, 2.24) is 19.7 Å². The Kier molecular flexibility index (Phi) is 3.83. The maximum atomic E-state index is 4.27. The van der Waals surface area contributed by atoms with Gasteiger partial charge in [0.05, 0.1) is 11.6 Å². The minimum Gasteiger partial charge on any atom is -0.369 e. The van der Waals surface area contributed by atoms with Gasteiger partial charge in [0.2, 0.25) is 0 Å². The zero-order valence-corrected chi connectivity index (χ0v) is 11.2. The molecule has 0 radical (unpaired) electrons. The lowest BCUT2D eigenvalue weighted by molar-refractivity contribution is 0.700. The Balaban J connectivity index is 2.13. The summed E-state index contributed by atoms with van der Waals surface area (Å²) in [7, 11) is 1.88. The van der Waals surface area contributed by atoms with Gasteiger partial charge < -0.3 is 5.32 Å². The minimum absolute atomic E-state index is 0.617. The Bertz CT molecular complexity index is 496. The molecule has 5 nitrogen and oxygen atoms in total. The summed E-state index contributed by atoms with van der Waals surface area (Å²) in [5, 5.41) is 8.54. The maximum Gasteiger partial charge on any atom is 0.163 e. The van der Waals surface area contributed by atoms with Crippen molar-refractivity contribution in [3.05, 3.63) is 12.5 Å². The smallest absolute Gasteiger partial charge is 0.163 e. The maximum absolute atomic E-state index is 4.27. The first-order valence-corrected chi connectivity index (χ1v) is 6.97. The molecule has 0 aliphatic rings. The van der Waals surface area contributed by atoms with Crippen LogP contribution in [0.2, 0.25) is 0 Å². The molecule has 0 saturated heterocycles. The molecule has 92 valence electrons. The van der Waals surface area contributed by atoms with Crippen molar-refractivity contribution in [1.29, 1.82) is 0 Å². The number of rotatable bonds is 5. The molecule has 1 unspecified atom stereocenters. The van der Waals surface area contributed by atoms with E-state index in [9.17, 15) is 0 Å². The van der Waals surface area contributed by atoms with Crippen molar-refractivity contribution < 1.29 is 0 Å². The largest absolute Gasteiger partial charge is 0.369 e. The third-order valence-corrected chi connectivity index (χ3v) is 3.50. The summed E-state index contributed by atoms with van der Waals surface area (Å²) in [5.41, 5.74) is 0.861. The lowest BCUT2D eigenvalue weighted by Crippen LogP contribution is -2.14. The van der Waals surface area contributed by atoms with Gasteiger partial charge in [0.15, 0.2) is 5.65 Å². The second-order valence-electron chi connectivity index (χ2n) is 4.17. The first-order valence-electron chi connectivity index (χ1n) is 5.58. The number of hydrogen-bond donors (Lipinski definition) is 1. The van der Waals surface area contributed by atoms with Gasteiger partial charge in [-0.2, -0.15) is 16.9 Å². The van der Waals surface area contributed by atoms with Gasteiger partial charge in [0, 0.05) is 13.6 Å². The Morgan fingerprint density at radius 3 is 3.06 bits per heavy atom. The van der Waals surface area contributed by atoms with Crippen LogP contribution >= 0.6 is 11.8 Å². The van der Waals surface area contributed by atoms with Crippen molar-refractivity contribution in [3.63, 3.8) is 0 Å². The fourth-order valence-electron chi connectivity index (χ4n) is 1.72. The molecule has 0 amide bonds. The summed E-state index contributed by atoms with van der Waals surface area (Å²) in [6, 6.07) is 0. The molecule has 2 aromatic rings. The van der Waals surface area contributed by atoms with Crippen LogP contribution in [-0.4, -0.2) is 38.3 Å². The van der Waals surface area contributed by atoms with Gasteiger partial charge in [0.1, 0.15) is 12.1 Å². The van der Waals surface area contributed by atoms with E-state index in [1.54, 1.807) is 17.2 Å². The normalized spacial score (nSPS) is 12.9. The highest BCUT2D eigenvalue weighted by atomic mass is 32.2. The highest BCUT2D eigenvalue weighted by molar-refractivity contribution is 7.98. The van der Waals surface area contributed by atoms with E-state index in [0.29, 0.717) is 5.92 Å². The fraction of sp³-hybridized carbons (Fsp3) is 0.545. The van der Waals surface area contributed by atoms with E-state index in [4.69, 9.17) is 0 Å². The highest BCUT2D eigenvalue weighted by Gasteiger charge is 2.08. The van der Waals surface area contributed by atoms with Crippen molar-refractivity contribution in [2.24, 2.45) is 13.0 Å². The number of aromatic nitrogens is 4. The summed E-state index contributed by atoms with van der Waals surface area (Å²) < 4.78 is 1.76. The van der Waals surface area contributed by atoms with Crippen LogP contribution < -0.4 is 5.32 Å². The number of hydrogen-bond acceptors (Lipinski definition) is 5. The van der Waals surface area contributed by atoms with Gasteiger partial charge in [-0.15, -0.1) is 0 Å². The van der Waals surface area contributed by atoms with E-state index >= 15 is 0 Å². The molecular formula is C11H17N5S. The standard InChI is InChI=1S/C11H17N5S/c1-8(6-17-3)4-12-10-9-5-15-16(2)11(9)14-7-13-10/h5,7-8H,4,6H2,1-3H3,(H,12,13,14). The van der Waals surface area contributed by atoms with Crippen LogP contribution in [0.15, 0.2) is 12.5 Å². The van der Waals surface area contributed by atoms with Crippen LogP contribution in [0.25, 0.3) is 11.0 Å². The lowest BCUT2D eigenvalue weighted by atomic mass is 10.2. The van der Waals surface area contributed by atoms with E-state index in [1.807, 2.05) is 18.8 Å². The predicted molar refractivity (Wildman–Crippen MR) is 72.3 cm³/mol. The second-order valence-corrected chi connectivity index (χ2v) is 5.08. The van der Waals surface area contributed by atoms with Gasteiger partial charge in [-0.05, 0) is 17.9 Å². The second kappa shape index (κ2) is 5.35. The summed E-state index contributed by atoms with van der Waals surface area (Å²) in [5.74, 6) is 2.64. The van der Waals surface area contributed by atoms with Crippen LogP contribution in [0.1, 0.15) is 6.92 Å². The third kappa shape index (κ3) is 2.69. The van der Waals surface area contributed by atoms with Crippen LogP contribution in [0.4, 0.5) is 5.82 Å². The van der Waals surface area contributed by atoms with Gasteiger partial charge in [0.25, 0.3) is 0 Å². The first-order chi connectivity index (χ1) is 8.22. The third-order valence-electron chi connectivity index (χ3n) is 2.60. The van der Waals surface area contributed by atoms with E-state index in [1.165, 1.54) is 0 Å². The molecule has 0 spiro atoms. The van der Waals surface area contributed by atoms with Crippen molar-refractivity contribution in [3.8, 4) is 0 Å². The Morgan fingerprint density at radius 1 is 1.47 bits per heavy atom. The van der Waals surface area contributed by atoms with E-state index in [-0.39, 0.29) is 0 Å². The van der Waals surface area contributed by atoms with Crippen LogP contribution in [0.5, 0.6) is 0 Å². The molecule has 2 rings (SSSR count). The topological polar surface area (TPSA) is 55.6 Å². The molecule has 0 fully saturated rings. The minimum atomic E-state index is 0.617. The summed E-state index contributed by atoms with van der Waals surface area (Å²) in [6.07, 6.45) is 5.50. The molecule has 1 N–H and O–H groups in total. The van der Waals surface area contributed by atoms with Gasteiger partial charge in [-0.3, -0.25) is 4.68 Å². The molecule has 6 heteroatoms. The zero-order valence-electron chi connectivity index (χ0n) is 10.3. The molecule has 0 bridgehead atoms. The van der Waals surface area contributed by atoms with Gasteiger partial charge in [-0.25, -0.2) is 9.97 Å². The summed E-state index contributed by atoms with van der Waals surface area (Å²) >= 11 is 1.86. The van der Waals surface area contributed by atoms with E-state index < -0.39 is 0 Å². The Morgan fingerprint density at radius 2 is 2.29 bits per heavy atom. The van der Waals surface area contributed by atoms with Crippen LogP contribution in [-0.2, 0) is 7.05 Å². The Hall–Kier alpha value is -1.30. The molecule has 0 saturated carbocycles. The van der Waals surface area contributed by atoms with Crippen molar-refractivity contribution >= 4 is 28.6 Å². The zero-order chi connectivity index (χ0) is 12.3. The molecule has 2 heterocycles. The fourth-order valence-corrected chi connectivity index (χ4v) is 2.40. The number of thioether (sulfide) groups is 1. The van der Waals surface area contributed by atoms with Crippen LogP contribution in [0.3, 0.4) is 0 Å². The lowest BCUT2D eigenvalue weighted by Gasteiger charge is -2.11. The molecule has 0 aliphatic heterocycles.